The van der Waals surface area contributed by atoms with Crippen LogP contribution in [-0.4, -0.2) is 54.9 Å². The number of hydrogen-bond acceptors (Lipinski definition) is 4. The van der Waals surface area contributed by atoms with Gasteiger partial charge in [-0.25, -0.2) is 4.79 Å². The predicted octanol–water partition coefficient (Wildman–Crippen LogP) is 0.947. The van der Waals surface area contributed by atoms with E-state index < -0.39 is 5.60 Å². The van der Waals surface area contributed by atoms with Gasteiger partial charge in [0.25, 0.3) is 0 Å². The zero-order valence-electron chi connectivity index (χ0n) is 11.7. The average molecular weight is 255 g/mol. The molecule has 0 bridgehead atoms. The number of nitrogens with zero attached hydrogens (tertiary/aromatic N) is 1. The molecule has 104 valence electrons. The van der Waals surface area contributed by atoms with E-state index >= 15 is 0 Å². The van der Waals surface area contributed by atoms with Gasteiger partial charge in [-0.3, -0.25) is 0 Å². The molecule has 0 spiro atoms. The number of ether oxygens (including phenoxy) is 1. The van der Waals surface area contributed by atoms with Crippen molar-refractivity contribution in [3.8, 4) is 0 Å². The molecule has 0 radical (unpaired) electrons. The summed E-state index contributed by atoms with van der Waals surface area (Å²) in [5.74, 6) is 0. The van der Waals surface area contributed by atoms with Crippen molar-refractivity contribution in [3.63, 3.8) is 0 Å². The van der Waals surface area contributed by atoms with Gasteiger partial charge in [0, 0.05) is 38.3 Å². The van der Waals surface area contributed by atoms with Crippen LogP contribution in [0.2, 0.25) is 0 Å². The Balaban J connectivity index is 1.70. The fraction of sp³-hybridized carbons (Fsp3) is 0.923. The minimum absolute atomic E-state index is 0.175. The maximum Gasteiger partial charge on any atom is 0.410 e. The Morgan fingerprint density at radius 3 is 2.28 bits per heavy atom. The molecular weight excluding hydrogens is 230 g/mol. The van der Waals surface area contributed by atoms with Crippen molar-refractivity contribution in [1.29, 1.82) is 0 Å². The van der Waals surface area contributed by atoms with E-state index in [0.717, 1.165) is 39.0 Å². The number of hydrogen-bond donors (Lipinski definition) is 2. The van der Waals surface area contributed by atoms with Gasteiger partial charge in [0.2, 0.25) is 0 Å². The van der Waals surface area contributed by atoms with Gasteiger partial charge < -0.3 is 20.3 Å². The molecule has 2 fully saturated rings. The van der Waals surface area contributed by atoms with Crippen molar-refractivity contribution in [1.82, 2.24) is 15.5 Å². The first-order valence-electron chi connectivity index (χ1n) is 6.89. The monoisotopic (exact) mass is 255 g/mol. The normalized spacial score (nSPS) is 22.7. The summed E-state index contributed by atoms with van der Waals surface area (Å²) >= 11 is 0. The second-order valence-corrected chi connectivity index (χ2v) is 6.26. The van der Waals surface area contributed by atoms with Crippen LogP contribution in [0.25, 0.3) is 0 Å². The molecule has 1 amide bonds. The highest BCUT2D eigenvalue weighted by Gasteiger charge is 2.28. The lowest BCUT2D eigenvalue weighted by molar-refractivity contribution is 0.0194. The van der Waals surface area contributed by atoms with Crippen molar-refractivity contribution in [3.05, 3.63) is 0 Å². The number of likely N-dealkylation sites (tertiary alicyclic amines) is 1. The van der Waals surface area contributed by atoms with Crippen LogP contribution in [0, 0.1) is 0 Å². The average Bonchev–Trinajstić information content (AvgIpc) is 2.22. The van der Waals surface area contributed by atoms with Crippen molar-refractivity contribution in [2.75, 3.05) is 26.2 Å². The largest absolute Gasteiger partial charge is 0.444 e. The Labute approximate surface area is 109 Å². The number of amides is 1. The fourth-order valence-electron chi connectivity index (χ4n) is 2.30. The molecule has 2 saturated heterocycles. The summed E-state index contributed by atoms with van der Waals surface area (Å²) in [6.07, 6.45) is 1.87. The van der Waals surface area contributed by atoms with E-state index in [1.165, 1.54) is 0 Å². The molecule has 0 aliphatic carbocycles. The molecule has 0 aromatic rings. The van der Waals surface area contributed by atoms with Crippen LogP contribution < -0.4 is 10.6 Å². The standard InChI is InChI=1S/C13H25N3O2/c1-13(2,3)18-12(17)16-6-4-10(5-7-16)15-11-8-14-9-11/h10-11,14-15H,4-9H2,1-3H3. The molecule has 2 aliphatic rings. The lowest BCUT2D eigenvalue weighted by Gasteiger charge is -2.37. The Morgan fingerprint density at radius 1 is 1.22 bits per heavy atom. The third kappa shape index (κ3) is 3.85. The Hall–Kier alpha value is -0.810. The Bertz CT molecular complexity index is 289. The lowest BCUT2D eigenvalue weighted by atomic mass is 10.0. The molecule has 0 unspecified atom stereocenters. The van der Waals surface area contributed by atoms with Crippen molar-refractivity contribution in [2.24, 2.45) is 0 Å². The van der Waals surface area contributed by atoms with Crippen LogP contribution in [0.15, 0.2) is 0 Å². The molecule has 18 heavy (non-hydrogen) atoms. The highest BCUT2D eigenvalue weighted by molar-refractivity contribution is 5.68. The molecule has 2 heterocycles. The van der Waals surface area contributed by atoms with Gasteiger partial charge in [-0.2, -0.15) is 0 Å². The van der Waals surface area contributed by atoms with Crippen LogP contribution in [-0.2, 0) is 4.74 Å². The highest BCUT2D eigenvalue weighted by atomic mass is 16.6. The minimum atomic E-state index is -0.399. The van der Waals surface area contributed by atoms with Crippen LogP contribution in [0.3, 0.4) is 0 Å². The van der Waals surface area contributed by atoms with Gasteiger partial charge in [0.1, 0.15) is 5.60 Å². The van der Waals surface area contributed by atoms with Gasteiger partial charge in [0.05, 0.1) is 0 Å². The Kier molecular flexibility index (Phi) is 4.12. The van der Waals surface area contributed by atoms with Crippen LogP contribution in [0.5, 0.6) is 0 Å². The van der Waals surface area contributed by atoms with Gasteiger partial charge in [0.15, 0.2) is 0 Å². The summed E-state index contributed by atoms with van der Waals surface area (Å²) in [5.41, 5.74) is -0.399. The maximum atomic E-state index is 11.9. The summed E-state index contributed by atoms with van der Waals surface area (Å²) in [4.78, 5) is 13.7. The van der Waals surface area contributed by atoms with E-state index in [2.05, 4.69) is 10.6 Å². The SMILES string of the molecule is CC(C)(C)OC(=O)N1CCC(NC2CNC2)CC1. The molecule has 2 aliphatic heterocycles. The predicted molar refractivity (Wildman–Crippen MR) is 70.6 cm³/mol. The summed E-state index contributed by atoms with van der Waals surface area (Å²) in [5, 5.41) is 6.88. The molecule has 2 N–H and O–H groups in total. The van der Waals surface area contributed by atoms with E-state index in [1.54, 1.807) is 0 Å². The zero-order valence-corrected chi connectivity index (χ0v) is 11.7. The second-order valence-electron chi connectivity index (χ2n) is 6.26. The summed E-state index contributed by atoms with van der Waals surface area (Å²) < 4.78 is 5.38. The first-order chi connectivity index (χ1) is 8.44. The van der Waals surface area contributed by atoms with E-state index in [1.807, 2.05) is 25.7 Å². The van der Waals surface area contributed by atoms with E-state index in [4.69, 9.17) is 4.74 Å². The molecule has 0 atom stereocenters. The number of nitrogens with one attached hydrogen (secondary N) is 2. The van der Waals surface area contributed by atoms with E-state index in [9.17, 15) is 4.79 Å². The van der Waals surface area contributed by atoms with E-state index in [0.29, 0.717) is 12.1 Å². The maximum absolute atomic E-state index is 11.9. The smallest absolute Gasteiger partial charge is 0.410 e. The molecule has 5 heteroatoms. The van der Waals surface area contributed by atoms with Gasteiger partial charge in [-0.05, 0) is 33.6 Å². The summed E-state index contributed by atoms with van der Waals surface area (Å²) in [7, 11) is 0. The quantitative estimate of drug-likeness (QED) is 0.771. The number of carbonyl (C=O) groups is 1. The highest BCUT2D eigenvalue weighted by Crippen LogP contribution is 2.16. The molecule has 5 nitrogen and oxygen atoms in total. The number of rotatable bonds is 2. The third-order valence-corrected chi connectivity index (χ3v) is 3.40. The molecule has 2 rings (SSSR count). The second kappa shape index (κ2) is 5.45. The first kappa shape index (κ1) is 13.6. The fourth-order valence-corrected chi connectivity index (χ4v) is 2.30. The zero-order chi connectivity index (χ0) is 13.2. The first-order valence-corrected chi connectivity index (χ1v) is 6.89. The third-order valence-electron chi connectivity index (χ3n) is 3.40. The molecular formula is C13H25N3O2. The van der Waals surface area contributed by atoms with Gasteiger partial charge in [-0.15, -0.1) is 0 Å². The van der Waals surface area contributed by atoms with Crippen molar-refractivity contribution < 1.29 is 9.53 Å². The lowest BCUT2D eigenvalue weighted by Crippen LogP contribution is -2.59. The van der Waals surface area contributed by atoms with Crippen LogP contribution in [0.4, 0.5) is 4.79 Å². The number of piperidine rings is 1. The van der Waals surface area contributed by atoms with Crippen molar-refractivity contribution >= 4 is 6.09 Å². The summed E-state index contributed by atoms with van der Waals surface area (Å²) in [6.45, 7) is 9.46. The minimum Gasteiger partial charge on any atom is -0.444 e. The van der Waals surface area contributed by atoms with Gasteiger partial charge in [-0.1, -0.05) is 0 Å². The molecule has 0 aromatic carbocycles. The Morgan fingerprint density at radius 2 is 1.83 bits per heavy atom. The summed E-state index contributed by atoms with van der Waals surface area (Å²) in [6, 6.07) is 1.18. The van der Waals surface area contributed by atoms with Crippen LogP contribution >= 0.6 is 0 Å². The van der Waals surface area contributed by atoms with Crippen molar-refractivity contribution in [2.45, 2.75) is 51.3 Å². The molecule has 0 aromatic heterocycles. The van der Waals surface area contributed by atoms with Crippen LogP contribution in [0.1, 0.15) is 33.6 Å². The van der Waals surface area contributed by atoms with Gasteiger partial charge >= 0.3 is 6.09 Å². The van der Waals surface area contributed by atoms with E-state index in [-0.39, 0.29) is 6.09 Å². The number of carbonyl (C=O) groups excluding carboxylic acids is 1. The molecule has 0 saturated carbocycles. The topological polar surface area (TPSA) is 53.6 Å².